The van der Waals surface area contributed by atoms with Crippen molar-refractivity contribution < 1.29 is 42.2 Å². The van der Waals surface area contributed by atoms with Crippen molar-refractivity contribution >= 4 is 47.3 Å². The van der Waals surface area contributed by atoms with Gasteiger partial charge in [0.05, 0.1) is 54.4 Å². The molecule has 3 fully saturated rings. The van der Waals surface area contributed by atoms with Crippen LogP contribution in [-0.2, 0) is 25.7 Å². The molecular formula is C58H72F2N12O7. The van der Waals surface area contributed by atoms with Gasteiger partial charge in [0.1, 0.15) is 47.9 Å². The van der Waals surface area contributed by atoms with E-state index in [0.717, 1.165) is 137 Å². The number of nitrogens with one attached hydrogen (secondary N) is 2. The highest BCUT2D eigenvalue weighted by Crippen LogP contribution is 2.34. The number of halogens is 2. The van der Waals surface area contributed by atoms with Crippen molar-refractivity contribution in [3.05, 3.63) is 107 Å². The van der Waals surface area contributed by atoms with E-state index in [4.69, 9.17) is 14.5 Å². The molecule has 4 aliphatic heterocycles. The molecule has 0 saturated carbocycles. The fraction of sp³-hybridized carbons (Fsp3) is 0.483. The number of benzene rings is 2. The molecule has 79 heavy (non-hydrogen) atoms. The Bertz CT molecular complexity index is 2950. The summed E-state index contributed by atoms with van der Waals surface area (Å²) >= 11 is 0. The second kappa shape index (κ2) is 27.5. The lowest BCUT2D eigenvalue weighted by atomic mass is 9.87. The minimum atomic E-state index is -0.774. The summed E-state index contributed by atoms with van der Waals surface area (Å²) in [7, 11) is 3.66. The van der Waals surface area contributed by atoms with Crippen LogP contribution in [0.25, 0.3) is 16.6 Å². The van der Waals surface area contributed by atoms with Gasteiger partial charge in [-0.3, -0.25) is 24.2 Å². The predicted molar refractivity (Wildman–Crippen MR) is 295 cm³/mol. The monoisotopic (exact) mass is 1090 g/mol. The molecule has 1 unspecified atom stereocenters. The summed E-state index contributed by atoms with van der Waals surface area (Å²) < 4.78 is 42.0. The van der Waals surface area contributed by atoms with E-state index in [9.17, 15) is 38.0 Å². The first-order valence-electron chi connectivity index (χ1n) is 27.4. The van der Waals surface area contributed by atoms with Crippen molar-refractivity contribution in [2.75, 3.05) is 122 Å². The van der Waals surface area contributed by atoms with E-state index in [2.05, 4.69) is 59.4 Å². The molecule has 5 aromatic rings. The number of nitrogens with zero attached hydrogens (tertiary/aromatic N) is 10. The topological polar surface area (TPSA) is 201 Å². The van der Waals surface area contributed by atoms with E-state index in [1.165, 1.54) is 6.20 Å². The molecule has 21 heteroatoms. The quantitative estimate of drug-likeness (QED) is 0.0676. The van der Waals surface area contributed by atoms with Crippen LogP contribution >= 0.6 is 0 Å². The van der Waals surface area contributed by atoms with Gasteiger partial charge >= 0.3 is 0 Å². The fourth-order valence-corrected chi connectivity index (χ4v) is 10.8. The number of ether oxygens (including phenoxy) is 2. The highest BCUT2D eigenvalue weighted by molar-refractivity contribution is 6.01. The normalized spacial score (nSPS) is 17.1. The van der Waals surface area contributed by atoms with Crippen molar-refractivity contribution in [3.63, 3.8) is 0 Å². The van der Waals surface area contributed by atoms with Crippen LogP contribution in [0.2, 0.25) is 0 Å². The lowest BCUT2D eigenvalue weighted by molar-refractivity contribution is -0.125. The predicted octanol–water partition coefficient (Wildman–Crippen LogP) is 5.21. The third kappa shape index (κ3) is 14.5. The zero-order valence-electron chi connectivity index (χ0n) is 45.5. The van der Waals surface area contributed by atoms with Gasteiger partial charge in [-0.25, -0.2) is 18.3 Å². The van der Waals surface area contributed by atoms with Crippen LogP contribution in [0, 0.1) is 23.0 Å². The molecule has 7 heterocycles. The molecule has 9 rings (SSSR count). The van der Waals surface area contributed by atoms with Gasteiger partial charge in [-0.05, 0) is 113 Å². The number of piperazine rings is 2. The minimum Gasteiger partial charge on any atom is -0.492 e. The van der Waals surface area contributed by atoms with Crippen LogP contribution < -0.4 is 25.2 Å². The van der Waals surface area contributed by atoms with Crippen molar-refractivity contribution in [1.29, 1.82) is 5.26 Å². The Labute approximate surface area is 460 Å². The lowest BCUT2D eigenvalue weighted by Gasteiger charge is -2.42. The smallest absolute Gasteiger partial charge is 0.255 e. The van der Waals surface area contributed by atoms with E-state index in [1.54, 1.807) is 28.9 Å². The zero-order chi connectivity index (χ0) is 55.9. The summed E-state index contributed by atoms with van der Waals surface area (Å²) in [6, 6.07) is 16.2. The highest BCUT2D eigenvalue weighted by Gasteiger charge is 2.39. The van der Waals surface area contributed by atoms with Crippen molar-refractivity contribution in [1.82, 2.24) is 44.8 Å². The maximum atomic E-state index is 14.5. The van der Waals surface area contributed by atoms with Crippen molar-refractivity contribution in [3.8, 4) is 22.9 Å². The Morgan fingerprint density at radius 3 is 2.30 bits per heavy atom. The summed E-state index contributed by atoms with van der Waals surface area (Å²) in [5, 5.41) is 19.6. The summed E-state index contributed by atoms with van der Waals surface area (Å²) in [5.74, 6) is -1.11. The van der Waals surface area contributed by atoms with Gasteiger partial charge < -0.3 is 49.3 Å². The van der Waals surface area contributed by atoms with Crippen LogP contribution in [0.15, 0.2) is 73.2 Å². The Morgan fingerprint density at radius 1 is 0.861 bits per heavy atom. The minimum absolute atomic E-state index is 0.152. The molecule has 19 nitrogen and oxygen atoms in total. The van der Waals surface area contributed by atoms with Gasteiger partial charge in [0, 0.05) is 127 Å². The molecule has 3 amide bonds. The largest absolute Gasteiger partial charge is 0.492 e. The number of unbranched alkanes of at least 4 members (excludes halogenated alkanes) is 2. The molecule has 0 radical (unpaired) electrons. The number of fused-ring (bicyclic) bond motifs is 2. The fourth-order valence-electron chi connectivity index (χ4n) is 10.8. The van der Waals surface area contributed by atoms with Gasteiger partial charge in [0.25, 0.3) is 11.8 Å². The number of carbonyl (C=O) groups excluding carboxylic acids is 5. The number of pyridine rings is 2. The number of aromatic nitrogens is 3. The third-order valence-corrected chi connectivity index (χ3v) is 15.4. The summed E-state index contributed by atoms with van der Waals surface area (Å²) in [6.07, 6.45) is 11.1. The highest BCUT2D eigenvalue weighted by atomic mass is 19.1. The summed E-state index contributed by atoms with van der Waals surface area (Å²) in [6.45, 7) is 14.3. The number of nitriles is 1. The molecule has 420 valence electrons. The Morgan fingerprint density at radius 2 is 1.61 bits per heavy atom. The maximum absolute atomic E-state index is 14.5. The number of hydrogen-bond donors (Lipinski definition) is 2. The molecule has 3 saturated heterocycles. The standard InChI is InChI=1S/C35H40F2N8O3.C23H32N4O4/c1-3-48-28-19-29(33-26(20-38)22-40-45(33)23-28)25-4-7-32(39-21-25)44-10-8-35(9-11-44,24-47-17-16-43-14-12-42(2)13-15-43)41-34(46)30-18-27(36)5-6-31(30)37;1-24-22(30)21(6-5-15-29)27-17-18-16-19(7-8-20(18)23(27)31)26-12-10-25(11-13-26)9-3-2-4-14-28/h4-7,18-19,21-23H,3,8-17,24H2,1-2H3,(H,41,46);7-8,14-16,21H,2-6,9-13,17H2,1H3,(H,24,30). The van der Waals surface area contributed by atoms with Crippen LogP contribution in [0.3, 0.4) is 0 Å². The van der Waals surface area contributed by atoms with Gasteiger partial charge in [0.15, 0.2) is 0 Å². The van der Waals surface area contributed by atoms with E-state index in [1.807, 2.05) is 37.3 Å². The Kier molecular flexibility index (Phi) is 20.1. The number of anilines is 2. The number of amides is 3. The van der Waals surface area contributed by atoms with Gasteiger partial charge in [-0.1, -0.05) is 0 Å². The molecule has 1 atom stereocenters. The number of likely N-dealkylation sites (N-methyl/N-ethyl adjacent to an activating group) is 2. The van der Waals surface area contributed by atoms with E-state index in [-0.39, 0.29) is 30.4 Å². The lowest BCUT2D eigenvalue weighted by Crippen LogP contribution is -2.58. The molecule has 2 aromatic carbocycles. The average molecular weight is 1090 g/mol. The average Bonchev–Trinajstić information content (AvgIpc) is 4.19. The first-order valence-corrected chi connectivity index (χ1v) is 27.4. The van der Waals surface area contributed by atoms with Crippen LogP contribution in [-0.4, -0.2) is 189 Å². The van der Waals surface area contributed by atoms with Gasteiger partial charge in [0.2, 0.25) is 5.91 Å². The molecule has 0 aliphatic carbocycles. The number of piperidine rings is 1. The van der Waals surface area contributed by atoms with E-state index < -0.39 is 29.1 Å². The Hall–Kier alpha value is -7.38. The summed E-state index contributed by atoms with van der Waals surface area (Å²) in [5.41, 5.74) is 4.29. The number of carbonyl (C=O) groups is 5. The molecule has 0 spiro atoms. The first-order chi connectivity index (χ1) is 38.4. The second-order valence-corrected chi connectivity index (χ2v) is 20.6. The molecule has 0 bridgehead atoms. The molecule has 4 aliphatic rings. The Balaban J connectivity index is 0.000000229. The van der Waals surface area contributed by atoms with E-state index >= 15 is 0 Å². The maximum Gasteiger partial charge on any atom is 0.255 e. The molecular weight excluding hydrogens is 1010 g/mol. The molecule has 3 aromatic heterocycles. The van der Waals surface area contributed by atoms with Crippen LogP contribution in [0.4, 0.5) is 20.3 Å². The van der Waals surface area contributed by atoms with Crippen LogP contribution in [0.1, 0.15) is 83.7 Å². The van der Waals surface area contributed by atoms with Gasteiger partial charge in [-0.2, -0.15) is 10.4 Å². The van der Waals surface area contributed by atoms with E-state index in [0.29, 0.717) is 80.9 Å². The number of aldehydes is 2. The zero-order valence-corrected chi connectivity index (χ0v) is 45.5. The van der Waals surface area contributed by atoms with Crippen molar-refractivity contribution in [2.24, 2.45) is 0 Å². The number of hydrogen-bond acceptors (Lipinski definition) is 15. The van der Waals surface area contributed by atoms with Gasteiger partial charge in [-0.15, -0.1) is 0 Å². The third-order valence-electron chi connectivity index (χ3n) is 15.4. The first kappa shape index (κ1) is 57.8. The van der Waals surface area contributed by atoms with Crippen LogP contribution in [0.5, 0.6) is 5.75 Å². The number of rotatable bonds is 22. The van der Waals surface area contributed by atoms with Crippen molar-refractivity contribution in [2.45, 2.75) is 70.0 Å². The SMILES string of the molecule is CCOc1cc(-c2ccc(N3CCC(COCCN4CCN(C)CC4)(NC(=O)c4cc(F)ccc4F)CC3)nc2)c2c(C#N)cnn2c1.CNC(=O)C(CCC=O)N1Cc2cc(N3CCN(CCCCC=O)CC3)ccc2C1=O. The second-order valence-electron chi connectivity index (χ2n) is 20.6. The molecule has 2 N–H and O–H groups in total. The summed E-state index contributed by atoms with van der Waals surface area (Å²) in [4.78, 5) is 77.6.